The molecule has 0 saturated heterocycles. The van der Waals surface area contributed by atoms with Crippen LogP contribution in [0.3, 0.4) is 0 Å². The lowest BCUT2D eigenvalue weighted by Gasteiger charge is -2.32. The average molecular weight is 574 g/mol. The fourth-order valence-corrected chi connectivity index (χ4v) is 5.20. The molecule has 0 radical (unpaired) electrons. The van der Waals surface area contributed by atoms with E-state index in [1.54, 1.807) is 0 Å². The molecule has 0 aliphatic heterocycles. The molecule has 0 bridgehead atoms. The summed E-state index contributed by atoms with van der Waals surface area (Å²) in [5.74, 6) is -1.28. The van der Waals surface area contributed by atoms with E-state index in [2.05, 4.69) is 10.4 Å². The quantitative estimate of drug-likeness (QED) is 0.224. The smallest absolute Gasteiger partial charge is 0.356 e. The van der Waals surface area contributed by atoms with Crippen molar-refractivity contribution < 1.29 is 24.2 Å². The minimum atomic E-state index is -1.20. The Labute approximate surface area is 243 Å². The van der Waals surface area contributed by atoms with Crippen LogP contribution in [-0.2, 0) is 29.3 Å². The number of carboxylic acid groups (broad SMARTS) is 1. The lowest BCUT2D eigenvalue weighted by molar-refractivity contribution is -0.124. The second-order valence-electron chi connectivity index (χ2n) is 10.1. The number of hydrogen-bond acceptors (Lipinski definition) is 5. The second-order valence-corrected chi connectivity index (χ2v) is 10.5. The van der Waals surface area contributed by atoms with Gasteiger partial charge in [-0.1, -0.05) is 91.2 Å². The number of carbonyl (C=O) groups is 2. The fourth-order valence-electron chi connectivity index (χ4n) is 5.07. The molecule has 1 heterocycles. The summed E-state index contributed by atoms with van der Waals surface area (Å²) in [6.07, 6.45) is 3.63. The minimum Gasteiger partial charge on any atom is -0.476 e. The van der Waals surface area contributed by atoms with Gasteiger partial charge >= 0.3 is 5.97 Å². The average Bonchev–Trinajstić information content (AvgIpc) is 3.39. The van der Waals surface area contributed by atoms with Gasteiger partial charge in [-0.25, -0.2) is 9.48 Å². The maximum atomic E-state index is 13.1. The molecule has 1 aliphatic rings. The monoisotopic (exact) mass is 573 g/mol. The summed E-state index contributed by atoms with van der Waals surface area (Å²) in [6, 6.07) is 26.4. The van der Waals surface area contributed by atoms with Gasteiger partial charge in [0.25, 0.3) is 0 Å². The third-order valence-electron chi connectivity index (χ3n) is 7.16. The fraction of sp³-hybridized carbons (Fsp3) is 0.281. The molecule has 0 spiro atoms. The highest BCUT2D eigenvalue weighted by Crippen LogP contribution is 2.27. The van der Waals surface area contributed by atoms with Crippen LogP contribution in [0.25, 0.3) is 11.1 Å². The predicted octanol–water partition coefficient (Wildman–Crippen LogP) is 6.12. The normalized spacial score (nSPS) is 16.7. The number of amides is 1. The van der Waals surface area contributed by atoms with Crippen LogP contribution in [0.5, 0.6) is 5.88 Å². The highest BCUT2D eigenvalue weighted by molar-refractivity contribution is 6.30. The molecule has 8 nitrogen and oxygen atoms in total. The van der Waals surface area contributed by atoms with Gasteiger partial charge in [-0.15, -0.1) is 0 Å². The Kier molecular flexibility index (Phi) is 9.33. The zero-order valence-electron chi connectivity index (χ0n) is 22.5. The number of benzene rings is 3. The third-order valence-corrected chi connectivity index (χ3v) is 7.41. The van der Waals surface area contributed by atoms with Crippen LogP contribution >= 0.6 is 11.6 Å². The topological polar surface area (TPSA) is 103 Å². The molecular weight excluding hydrogens is 542 g/mol. The molecule has 41 heavy (non-hydrogen) atoms. The van der Waals surface area contributed by atoms with Crippen LogP contribution in [-0.4, -0.2) is 38.9 Å². The summed E-state index contributed by atoms with van der Waals surface area (Å²) >= 11 is 6.06. The SMILES string of the molecule is O=C(Cn1nc(C(=O)O)cc1OCc1ccccc1-c1ccc(Cl)cc1)NC1CCCCC1OCc1ccccc1. The number of halogens is 1. The zero-order valence-corrected chi connectivity index (χ0v) is 23.3. The van der Waals surface area contributed by atoms with Gasteiger partial charge in [0.15, 0.2) is 5.69 Å². The summed E-state index contributed by atoms with van der Waals surface area (Å²) in [6.45, 7) is 0.459. The summed E-state index contributed by atoms with van der Waals surface area (Å²) in [4.78, 5) is 24.8. The van der Waals surface area contributed by atoms with Gasteiger partial charge in [-0.3, -0.25) is 4.79 Å². The number of aromatic carboxylic acids is 1. The van der Waals surface area contributed by atoms with Gasteiger partial charge in [-0.05, 0) is 47.2 Å². The van der Waals surface area contributed by atoms with Crippen molar-refractivity contribution in [3.8, 4) is 17.0 Å². The number of carbonyl (C=O) groups excluding carboxylic acids is 1. The van der Waals surface area contributed by atoms with Gasteiger partial charge < -0.3 is 19.9 Å². The summed E-state index contributed by atoms with van der Waals surface area (Å²) in [5.41, 5.74) is 3.72. The van der Waals surface area contributed by atoms with E-state index in [1.165, 1.54) is 10.7 Å². The van der Waals surface area contributed by atoms with Crippen molar-refractivity contribution in [3.05, 3.63) is 107 Å². The molecule has 1 aliphatic carbocycles. The number of hydrogen-bond donors (Lipinski definition) is 2. The van der Waals surface area contributed by atoms with Crippen LogP contribution in [0, 0.1) is 0 Å². The van der Waals surface area contributed by atoms with E-state index in [0.29, 0.717) is 11.6 Å². The number of nitrogens with one attached hydrogen (secondary N) is 1. The molecule has 1 aromatic heterocycles. The molecule has 1 amide bonds. The van der Waals surface area contributed by atoms with Crippen molar-refractivity contribution in [2.75, 3.05) is 0 Å². The van der Waals surface area contributed by atoms with Crippen molar-refractivity contribution in [3.63, 3.8) is 0 Å². The first-order valence-electron chi connectivity index (χ1n) is 13.7. The third kappa shape index (κ3) is 7.54. The first-order valence-corrected chi connectivity index (χ1v) is 14.1. The van der Waals surface area contributed by atoms with Gasteiger partial charge in [0, 0.05) is 11.1 Å². The number of nitrogens with zero attached hydrogens (tertiary/aromatic N) is 2. The molecule has 2 atom stereocenters. The zero-order chi connectivity index (χ0) is 28.6. The van der Waals surface area contributed by atoms with Gasteiger partial charge in [0.1, 0.15) is 13.2 Å². The summed E-state index contributed by atoms with van der Waals surface area (Å²) in [5, 5.41) is 17.4. The lowest BCUT2D eigenvalue weighted by atomic mass is 9.92. The van der Waals surface area contributed by atoms with Crippen LogP contribution in [0.15, 0.2) is 84.9 Å². The van der Waals surface area contributed by atoms with Crippen molar-refractivity contribution in [1.82, 2.24) is 15.1 Å². The largest absolute Gasteiger partial charge is 0.476 e. The van der Waals surface area contributed by atoms with E-state index in [1.807, 2.05) is 78.9 Å². The van der Waals surface area contributed by atoms with Crippen molar-refractivity contribution in [2.24, 2.45) is 0 Å². The molecule has 212 valence electrons. The molecular formula is C32H32ClN3O5. The highest BCUT2D eigenvalue weighted by atomic mass is 35.5. The molecule has 9 heteroatoms. The maximum Gasteiger partial charge on any atom is 0.356 e. The molecule has 1 fully saturated rings. The number of aromatic nitrogens is 2. The highest BCUT2D eigenvalue weighted by Gasteiger charge is 2.28. The second kappa shape index (κ2) is 13.5. The van der Waals surface area contributed by atoms with E-state index in [4.69, 9.17) is 21.1 Å². The van der Waals surface area contributed by atoms with Gasteiger partial charge in [0.05, 0.1) is 18.8 Å². The van der Waals surface area contributed by atoms with Gasteiger partial charge in [0.2, 0.25) is 11.8 Å². The van der Waals surface area contributed by atoms with Crippen LogP contribution in [0.4, 0.5) is 0 Å². The predicted molar refractivity (Wildman–Crippen MR) is 156 cm³/mol. The number of rotatable bonds is 11. The van der Waals surface area contributed by atoms with Crippen LogP contribution in [0.2, 0.25) is 5.02 Å². The van der Waals surface area contributed by atoms with E-state index in [9.17, 15) is 14.7 Å². The molecule has 4 aromatic rings. The molecule has 2 N–H and O–H groups in total. The Hall–Kier alpha value is -4.14. The number of ether oxygens (including phenoxy) is 2. The Morgan fingerprint density at radius 1 is 0.951 bits per heavy atom. The van der Waals surface area contributed by atoms with E-state index in [0.717, 1.165) is 47.9 Å². The van der Waals surface area contributed by atoms with Crippen molar-refractivity contribution >= 4 is 23.5 Å². The Bertz CT molecular complexity index is 1470. The van der Waals surface area contributed by atoms with E-state index >= 15 is 0 Å². The minimum absolute atomic E-state index is 0.0970. The lowest BCUT2D eigenvalue weighted by Crippen LogP contribution is -2.47. The standard InChI is InChI=1S/C32H32ClN3O5/c33-25-16-14-23(15-17-25)26-11-5-4-10-24(26)21-41-31-18-28(32(38)39)35-36(31)19-30(37)34-27-12-6-7-13-29(27)40-20-22-8-2-1-3-9-22/h1-5,8-11,14-18,27,29H,6-7,12-13,19-21H2,(H,34,37)(H,38,39). The maximum absolute atomic E-state index is 13.1. The summed E-state index contributed by atoms with van der Waals surface area (Å²) < 4.78 is 13.5. The molecule has 2 unspecified atom stereocenters. The Morgan fingerprint density at radius 3 is 2.46 bits per heavy atom. The van der Waals surface area contributed by atoms with E-state index < -0.39 is 5.97 Å². The van der Waals surface area contributed by atoms with Crippen molar-refractivity contribution in [1.29, 1.82) is 0 Å². The van der Waals surface area contributed by atoms with Crippen molar-refractivity contribution in [2.45, 2.75) is 57.6 Å². The summed E-state index contributed by atoms with van der Waals surface area (Å²) in [7, 11) is 0. The molecule has 3 aromatic carbocycles. The van der Waals surface area contributed by atoms with Crippen LogP contribution in [0.1, 0.15) is 47.3 Å². The molecule has 1 saturated carbocycles. The van der Waals surface area contributed by atoms with Crippen LogP contribution < -0.4 is 10.1 Å². The van der Waals surface area contributed by atoms with Gasteiger partial charge in [-0.2, -0.15) is 5.10 Å². The van der Waals surface area contributed by atoms with E-state index in [-0.39, 0.29) is 42.8 Å². The molecule has 5 rings (SSSR count). The first-order chi connectivity index (χ1) is 20.0. The Morgan fingerprint density at radius 2 is 1.68 bits per heavy atom. The first kappa shape index (κ1) is 28.4. The number of carboxylic acids is 1. The Balaban J connectivity index is 1.26.